The molecular weight excluding hydrogens is 393 g/mol. The van der Waals surface area contributed by atoms with Crippen LogP contribution in [0.5, 0.6) is 0 Å². The lowest BCUT2D eigenvalue weighted by molar-refractivity contribution is -0.117. The molecule has 0 aliphatic rings. The summed E-state index contributed by atoms with van der Waals surface area (Å²) in [5.41, 5.74) is 4.50. The molecule has 0 saturated carbocycles. The van der Waals surface area contributed by atoms with E-state index in [0.29, 0.717) is 29.9 Å². The van der Waals surface area contributed by atoms with Crippen LogP contribution in [-0.2, 0) is 24.8 Å². The number of nitrogens with one attached hydrogen (secondary N) is 1. The minimum atomic E-state index is -0.416. The molecule has 3 rings (SSSR count). The van der Waals surface area contributed by atoms with Crippen LogP contribution in [0.4, 0.5) is 4.39 Å². The molecule has 3 aromatic rings. The number of carbonyl (C=O) groups is 1. The van der Waals surface area contributed by atoms with Crippen LogP contribution >= 0.6 is 0 Å². The number of imidazole rings is 1. The number of amides is 1. The van der Waals surface area contributed by atoms with Gasteiger partial charge in [0, 0.05) is 37.9 Å². The van der Waals surface area contributed by atoms with Gasteiger partial charge in [0.15, 0.2) is 0 Å². The van der Waals surface area contributed by atoms with Crippen molar-refractivity contribution in [2.24, 2.45) is 13.0 Å². The highest BCUT2D eigenvalue weighted by Gasteiger charge is 2.14. The van der Waals surface area contributed by atoms with Gasteiger partial charge in [0.2, 0.25) is 0 Å². The summed E-state index contributed by atoms with van der Waals surface area (Å²) in [6.45, 7) is 9.56. The van der Waals surface area contributed by atoms with E-state index in [4.69, 9.17) is 0 Å². The molecule has 0 bridgehead atoms. The fraction of sp³-hybridized carbons (Fsp3) is 0.375. The van der Waals surface area contributed by atoms with Gasteiger partial charge in [0.1, 0.15) is 23.3 Å². The molecule has 1 N–H and O–H groups in total. The Hall–Kier alpha value is -3.40. The van der Waals surface area contributed by atoms with Crippen LogP contribution in [0.15, 0.2) is 29.8 Å². The van der Waals surface area contributed by atoms with Crippen molar-refractivity contribution >= 4 is 23.0 Å². The third-order valence-corrected chi connectivity index (χ3v) is 5.40. The molecule has 31 heavy (non-hydrogen) atoms. The van der Waals surface area contributed by atoms with Crippen LogP contribution in [-0.4, -0.2) is 26.6 Å². The first-order chi connectivity index (χ1) is 14.7. The number of rotatable bonds is 7. The van der Waals surface area contributed by atoms with Crippen LogP contribution in [0.25, 0.3) is 17.1 Å². The number of halogens is 1. The zero-order valence-electron chi connectivity index (χ0n) is 18.7. The lowest BCUT2D eigenvalue weighted by Crippen LogP contribution is -2.27. The first-order valence-electron chi connectivity index (χ1n) is 10.4. The van der Waals surface area contributed by atoms with Crippen molar-refractivity contribution in [1.29, 1.82) is 5.26 Å². The number of hydrogen-bond acceptors (Lipinski definition) is 3. The van der Waals surface area contributed by atoms with Crippen LogP contribution in [0.3, 0.4) is 0 Å². The zero-order valence-corrected chi connectivity index (χ0v) is 18.7. The summed E-state index contributed by atoms with van der Waals surface area (Å²) in [6, 6.07) is 8.47. The van der Waals surface area contributed by atoms with Gasteiger partial charge in [-0.2, -0.15) is 5.26 Å². The topological polar surface area (TPSA) is 75.6 Å². The molecule has 0 atom stereocenters. The fourth-order valence-corrected chi connectivity index (χ4v) is 3.74. The van der Waals surface area contributed by atoms with Crippen molar-refractivity contribution in [2.75, 3.05) is 6.54 Å². The van der Waals surface area contributed by atoms with Gasteiger partial charge in [-0.1, -0.05) is 13.8 Å². The van der Waals surface area contributed by atoms with E-state index in [-0.39, 0.29) is 11.4 Å². The van der Waals surface area contributed by atoms with E-state index >= 15 is 0 Å². The van der Waals surface area contributed by atoms with Gasteiger partial charge in [-0.25, -0.2) is 9.37 Å². The molecule has 7 heteroatoms. The Bertz CT molecular complexity index is 1190. The van der Waals surface area contributed by atoms with E-state index in [1.807, 2.05) is 37.6 Å². The summed E-state index contributed by atoms with van der Waals surface area (Å²) in [5.74, 6) is 0.508. The molecule has 2 aromatic heterocycles. The van der Waals surface area contributed by atoms with Crippen LogP contribution in [0.1, 0.15) is 36.6 Å². The van der Waals surface area contributed by atoms with E-state index in [2.05, 4.69) is 28.7 Å². The van der Waals surface area contributed by atoms with Crippen LogP contribution < -0.4 is 5.32 Å². The lowest BCUT2D eigenvalue weighted by atomic mass is 10.1. The van der Waals surface area contributed by atoms with Crippen LogP contribution in [0.2, 0.25) is 0 Å². The maximum Gasteiger partial charge on any atom is 0.261 e. The summed E-state index contributed by atoms with van der Waals surface area (Å²) < 4.78 is 17.5. The van der Waals surface area contributed by atoms with Gasteiger partial charge in [-0.05, 0) is 55.7 Å². The number of aromatic nitrogens is 3. The molecule has 1 amide bonds. The lowest BCUT2D eigenvalue weighted by Gasteiger charge is -2.12. The molecule has 0 spiro atoms. The van der Waals surface area contributed by atoms with E-state index in [0.717, 1.165) is 29.3 Å². The van der Waals surface area contributed by atoms with Gasteiger partial charge in [-0.3, -0.25) is 4.79 Å². The average Bonchev–Trinajstić information content (AvgIpc) is 3.16. The molecule has 162 valence electrons. The van der Waals surface area contributed by atoms with E-state index in [1.165, 1.54) is 12.1 Å². The molecule has 0 unspecified atom stereocenters. The molecule has 0 saturated heterocycles. The van der Waals surface area contributed by atoms with Crippen molar-refractivity contribution in [1.82, 2.24) is 19.4 Å². The molecule has 1 aromatic carbocycles. The number of fused-ring (bicyclic) bond motifs is 1. The normalized spacial score (nSPS) is 11.9. The summed E-state index contributed by atoms with van der Waals surface area (Å²) >= 11 is 0. The standard InChI is InChI=1S/C24H28FN5O/c1-15(2)14-30-16(3)10-18(17(30)4)11-19(13-26)24(31)27-9-8-23-28-21-7-6-20(25)12-22(21)29(23)5/h6-7,10-12,15H,8-9,14H2,1-5H3,(H,27,31)/b19-11-. The van der Waals surface area contributed by atoms with Gasteiger partial charge < -0.3 is 14.5 Å². The molecule has 0 fully saturated rings. The fourth-order valence-electron chi connectivity index (χ4n) is 3.74. The first-order valence-corrected chi connectivity index (χ1v) is 10.4. The average molecular weight is 422 g/mol. The Labute approximate surface area is 182 Å². The highest BCUT2D eigenvalue weighted by Crippen LogP contribution is 2.20. The highest BCUT2D eigenvalue weighted by atomic mass is 19.1. The third-order valence-electron chi connectivity index (χ3n) is 5.40. The monoisotopic (exact) mass is 421 g/mol. The molecule has 0 radical (unpaired) electrons. The Balaban J connectivity index is 1.70. The van der Waals surface area contributed by atoms with Crippen molar-refractivity contribution in [3.8, 4) is 6.07 Å². The maximum absolute atomic E-state index is 13.5. The Morgan fingerprint density at radius 2 is 2.06 bits per heavy atom. The van der Waals surface area contributed by atoms with Gasteiger partial charge in [0.05, 0.1) is 11.0 Å². The number of benzene rings is 1. The minimum absolute atomic E-state index is 0.0665. The number of aryl methyl sites for hydroxylation is 2. The van der Waals surface area contributed by atoms with E-state index in [9.17, 15) is 14.4 Å². The number of hydrogen-bond donors (Lipinski definition) is 1. The van der Waals surface area contributed by atoms with Gasteiger partial charge in [0.25, 0.3) is 5.91 Å². The Morgan fingerprint density at radius 3 is 2.74 bits per heavy atom. The summed E-state index contributed by atoms with van der Waals surface area (Å²) in [7, 11) is 1.82. The zero-order chi connectivity index (χ0) is 22.7. The minimum Gasteiger partial charge on any atom is -0.351 e. The van der Waals surface area contributed by atoms with E-state index in [1.54, 1.807) is 12.1 Å². The first kappa shape index (κ1) is 22.3. The summed E-state index contributed by atoms with van der Waals surface area (Å²) in [4.78, 5) is 17.1. The SMILES string of the molecule is Cc1cc(/C=C(/C#N)C(=O)NCCc2nc3ccc(F)cc3n2C)c(C)n1CC(C)C. The Kier molecular flexibility index (Phi) is 6.59. The molecular formula is C24H28FN5O. The van der Waals surface area contributed by atoms with Crippen LogP contribution in [0, 0.1) is 36.9 Å². The molecule has 6 nitrogen and oxygen atoms in total. The Morgan fingerprint density at radius 1 is 1.32 bits per heavy atom. The predicted octanol–water partition coefficient (Wildman–Crippen LogP) is 4.05. The second-order valence-electron chi connectivity index (χ2n) is 8.23. The molecule has 0 aliphatic carbocycles. The smallest absolute Gasteiger partial charge is 0.261 e. The summed E-state index contributed by atoms with van der Waals surface area (Å²) in [6.07, 6.45) is 2.12. The second-order valence-corrected chi connectivity index (χ2v) is 8.23. The maximum atomic E-state index is 13.5. The second kappa shape index (κ2) is 9.17. The quantitative estimate of drug-likeness (QED) is 0.462. The van der Waals surface area contributed by atoms with E-state index < -0.39 is 5.91 Å². The van der Waals surface area contributed by atoms with Crippen molar-refractivity contribution in [2.45, 2.75) is 40.7 Å². The van der Waals surface area contributed by atoms with Gasteiger partial charge in [-0.15, -0.1) is 0 Å². The predicted molar refractivity (Wildman–Crippen MR) is 120 cm³/mol. The largest absolute Gasteiger partial charge is 0.351 e. The summed E-state index contributed by atoms with van der Waals surface area (Å²) in [5, 5.41) is 12.3. The molecule has 2 heterocycles. The van der Waals surface area contributed by atoms with Crippen molar-refractivity contribution < 1.29 is 9.18 Å². The van der Waals surface area contributed by atoms with Gasteiger partial charge >= 0.3 is 0 Å². The number of nitrogens with zero attached hydrogens (tertiary/aromatic N) is 4. The van der Waals surface area contributed by atoms with Crippen molar-refractivity contribution in [3.63, 3.8) is 0 Å². The third kappa shape index (κ3) is 4.85. The highest BCUT2D eigenvalue weighted by molar-refractivity contribution is 6.01. The number of nitriles is 1. The molecule has 0 aliphatic heterocycles. The number of carbonyl (C=O) groups excluding carboxylic acids is 1. The van der Waals surface area contributed by atoms with Crippen molar-refractivity contribution in [3.05, 3.63) is 58.4 Å².